The molecule has 0 aromatic carbocycles. The van der Waals surface area contributed by atoms with E-state index in [1.807, 2.05) is 7.05 Å². The third-order valence-corrected chi connectivity index (χ3v) is 3.18. The molecule has 0 bridgehead atoms. The van der Waals surface area contributed by atoms with Gasteiger partial charge in [-0.05, 0) is 32.4 Å². The van der Waals surface area contributed by atoms with Gasteiger partial charge in [0.1, 0.15) is 6.04 Å². The molecule has 3 N–H and O–H groups in total. The second kappa shape index (κ2) is 6.58. The molecule has 0 aromatic heterocycles. The van der Waals surface area contributed by atoms with Crippen molar-refractivity contribution in [3.8, 4) is 0 Å². The van der Waals surface area contributed by atoms with Crippen LogP contribution in [0.15, 0.2) is 0 Å². The van der Waals surface area contributed by atoms with Gasteiger partial charge >= 0.3 is 12.0 Å². The van der Waals surface area contributed by atoms with Gasteiger partial charge in [0.05, 0.1) is 0 Å². The van der Waals surface area contributed by atoms with Crippen LogP contribution in [0.1, 0.15) is 26.7 Å². The molecule has 1 saturated heterocycles. The average molecular weight is 257 g/mol. The second-order valence-electron chi connectivity index (χ2n) is 5.28. The maximum absolute atomic E-state index is 11.7. The van der Waals surface area contributed by atoms with Crippen molar-refractivity contribution in [2.24, 2.45) is 5.92 Å². The first-order chi connectivity index (χ1) is 8.40. The Labute approximate surface area is 108 Å². The van der Waals surface area contributed by atoms with Gasteiger partial charge < -0.3 is 20.6 Å². The maximum atomic E-state index is 11.7. The lowest BCUT2D eigenvalue weighted by atomic mass is 10.0. The fourth-order valence-electron chi connectivity index (χ4n) is 2.17. The van der Waals surface area contributed by atoms with Gasteiger partial charge in [-0.25, -0.2) is 9.59 Å². The number of aliphatic carboxylic acids is 1. The molecule has 1 heterocycles. The van der Waals surface area contributed by atoms with Crippen LogP contribution in [0, 0.1) is 5.92 Å². The quantitative estimate of drug-likeness (QED) is 0.684. The number of carboxylic acid groups (broad SMARTS) is 1. The molecular weight excluding hydrogens is 234 g/mol. The molecule has 1 rings (SSSR count). The van der Waals surface area contributed by atoms with Crippen LogP contribution in [0.25, 0.3) is 0 Å². The second-order valence-corrected chi connectivity index (χ2v) is 5.28. The third-order valence-electron chi connectivity index (χ3n) is 3.18. The van der Waals surface area contributed by atoms with E-state index in [1.54, 1.807) is 13.8 Å². The van der Waals surface area contributed by atoms with Crippen LogP contribution >= 0.6 is 0 Å². The molecule has 0 radical (unpaired) electrons. The molecule has 1 fully saturated rings. The Balaban J connectivity index is 2.42. The number of likely N-dealkylation sites (N-methyl/N-ethyl adjacent to an activating group) is 1. The van der Waals surface area contributed by atoms with Gasteiger partial charge in [-0.1, -0.05) is 13.8 Å². The summed E-state index contributed by atoms with van der Waals surface area (Å²) in [6, 6.07) is -1.13. The Morgan fingerprint density at radius 2 is 2.06 bits per heavy atom. The summed E-state index contributed by atoms with van der Waals surface area (Å²) in [6.45, 7) is 5.40. The number of carbonyl (C=O) groups excluding carboxylic acids is 1. The smallest absolute Gasteiger partial charge is 0.326 e. The summed E-state index contributed by atoms with van der Waals surface area (Å²) >= 11 is 0. The van der Waals surface area contributed by atoms with Gasteiger partial charge in [0.15, 0.2) is 0 Å². The van der Waals surface area contributed by atoms with E-state index in [0.717, 1.165) is 25.9 Å². The van der Waals surface area contributed by atoms with Crippen LogP contribution in [-0.2, 0) is 4.79 Å². The van der Waals surface area contributed by atoms with Crippen LogP contribution in [0.3, 0.4) is 0 Å². The first kappa shape index (κ1) is 14.8. The average Bonchev–Trinajstić information content (AvgIpc) is 2.25. The summed E-state index contributed by atoms with van der Waals surface area (Å²) in [6.07, 6.45) is 1.99. The van der Waals surface area contributed by atoms with E-state index in [9.17, 15) is 9.59 Å². The molecule has 2 unspecified atom stereocenters. The van der Waals surface area contributed by atoms with E-state index in [0.29, 0.717) is 0 Å². The van der Waals surface area contributed by atoms with E-state index < -0.39 is 18.0 Å². The number of nitrogens with one attached hydrogen (secondary N) is 2. The van der Waals surface area contributed by atoms with Crippen LogP contribution in [-0.4, -0.2) is 54.2 Å². The zero-order chi connectivity index (χ0) is 13.7. The van der Waals surface area contributed by atoms with Crippen LogP contribution in [0.4, 0.5) is 4.79 Å². The highest BCUT2D eigenvalue weighted by molar-refractivity contribution is 5.82. The Bertz CT molecular complexity index is 307. The normalized spacial score (nSPS) is 22.6. The first-order valence-corrected chi connectivity index (χ1v) is 6.38. The van der Waals surface area contributed by atoms with Gasteiger partial charge in [-0.15, -0.1) is 0 Å². The van der Waals surface area contributed by atoms with Crippen LogP contribution < -0.4 is 10.6 Å². The Morgan fingerprint density at radius 3 is 2.56 bits per heavy atom. The number of carboxylic acids is 1. The van der Waals surface area contributed by atoms with Crippen molar-refractivity contribution >= 4 is 12.0 Å². The number of amides is 2. The molecule has 0 aliphatic carbocycles. The van der Waals surface area contributed by atoms with Gasteiger partial charge in [0.25, 0.3) is 0 Å². The topological polar surface area (TPSA) is 81.7 Å². The van der Waals surface area contributed by atoms with Crippen molar-refractivity contribution in [1.29, 1.82) is 0 Å². The monoisotopic (exact) mass is 257 g/mol. The molecule has 1 aliphatic heterocycles. The SMILES string of the molecule is CC(C)C(NC(=O)NC1CCCN(C)C1)C(=O)O. The van der Waals surface area contributed by atoms with Gasteiger partial charge in [0, 0.05) is 12.6 Å². The minimum atomic E-state index is -0.999. The molecule has 6 nitrogen and oxygen atoms in total. The third kappa shape index (κ3) is 4.52. The molecule has 0 saturated carbocycles. The zero-order valence-corrected chi connectivity index (χ0v) is 11.3. The van der Waals surface area contributed by atoms with Crippen molar-refractivity contribution in [2.75, 3.05) is 20.1 Å². The fourth-order valence-corrected chi connectivity index (χ4v) is 2.17. The molecule has 2 amide bonds. The minimum Gasteiger partial charge on any atom is -0.480 e. The first-order valence-electron chi connectivity index (χ1n) is 6.38. The zero-order valence-electron chi connectivity index (χ0n) is 11.3. The summed E-state index contributed by atoms with van der Waals surface area (Å²) in [5.41, 5.74) is 0. The number of hydrogen-bond acceptors (Lipinski definition) is 3. The molecule has 6 heteroatoms. The van der Waals surface area contributed by atoms with Gasteiger partial charge in [-0.3, -0.25) is 0 Å². The minimum absolute atomic E-state index is 0.102. The largest absolute Gasteiger partial charge is 0.480 e. The van der Waals surface area contributed by atoms with E-state index in [-0.39, 0.29) is 12.0 Å². The summed E-state index contributed by atoms with van der Waals surface area (Å²) in [5.74, 6) is -1.14. The van der Waals surface area contributed by atoms with E-state index >= 15 is 0 Å². The number of rotatable bonds is 4. The fraction of sp³-hybridized carbons (Fsp3) is 0.833. The summed E-state index contributed by atoms with van der Waals surface area (Å²) in [5, 5.41) is 14.3. The van der Waals surface area contributed by atoms with Crippen molar-refractivity contribution in [2.45, 2.75) is 38.8 Å². The highest BCUT2D eigenvalue weighted by Gasteiger charge is 2.25. The number of urea groups is 1. The highest BCUT2D eigenvalue weighted by atomic mass is 16.4. The number of piperidine rings is 1. The molecule has 1 aliphatic rings. The van der Waals surface area contributed by atoms with E-state index in [4.69, 9.17) is 5.11 Å². The molecule has 0 aromatic rings. The molecule has 104 valence electrons. The number of nitrogens with zero attached hydrogens (tertiary/aromatic N) is 1. The Hall–Kier alpha value is -1.30. The van der Waals surface area contributed by atoms with Gasteiger partial charge in [0.2, 0.25) is 0 Å². The lowest BCUT2D eigenvalue weighted by Crippen LogP contribution is -2.54. The predicted octanol–water partition coefficient (Wildman–Crippen LogP) is 0.489. The maximum Gasteiger partial charge on any atom is 0.326 e. The van der Waals surface area contributed by atoms with Gasteiger partial charge in [-0.2, -0.15) is 0 Å². The van der Waals surface area contributed by atoms with Crippen molar-refractivity contribution < 1.29 is 14.7 Å². The summed E-state index contributed by atoms with van der Waals surface area (Å²) in [4.78, 5) is 24.9. The summed E-state index contributed by atoms with van der Waals surface area (Å²) < 4.78 is 0. The van der Waals surface area contributed by atoms with Crippen LogP contribution in [0.5, 0.6) is 0 Å². The number of carbonyl (C=O) groups is 2. The number of likely N-dealkylation sites (tertiary alicyclic amines) is 1. The molecule has 18 heavy (non-hydrogen) atoms. The van der Waals surface area contributed by atoms with E-state index in [1.165, 1.54) is 0 Å². The Morgan fingerprint density at radius 1 is 1.39 bits per heavy atom. The lowest BCUT2D eigenvalue weighted by Gasteiger charge is -2.30. The van der Waals surface area contributed by atoms with Crippen molar-refractivity contribution in [1.82, 2.24) is 15.5 Å². The standard InChI is InChI=1S/C12H23N3O3/c1-8(2)10(11(16)17)14-12(18)13-9-5-4-6-15(3)7-9/h8-10H,4-7H2,1-3H3,(H,16,17)(H2,13,14,18). The number of hydrogen-bond donors (Lipinski definition) is 3. The molecule has 2 atom stereocenters. The van der Waals surface area contributed by atoms with Crippen molar-refractivity contribution in [3.63, 3.8) is 0 Å². The predicted molar refractivity (Wildman–Crippen MR) is 68.4 cm³/mol. The van der Waals surface area contributed by atoms with E-state index in [2.05, 4.69) is 15.5 Å². The molecular formula is C12H23N3O3. The van der Waals surface area contributed by atoms with Crippen LogP contribution in [0.2, 0.25) is 0 Å². The highest BCUT2D eigenvalue weighted by Crippen LogP contribution is 2.08. The Kier molecular flexibility index (Phi) is 5.40. The van der Waals surface area contributed by atoms with Crippen molar-refractivity contribution in [3.05, 3.63) is 0 Å². The summed E-state index contributed by atoms with van der Waals surface area (Å²) in [7, 11) is 2.01. The lowest BCUT2D eigenvalue weighted by molar-refractivity contribution is -0.140. The molecule has 0 spiro atoms.